The van der Waals surface area contributed by atoms with Gasteiger partial charge in [-0.15, -0.1) is 10.1 Å². The lowest BCUT2D eigenvalue weighted by molar-refractivity contribution is -0.763. The Bertz CT molecular complexity index is 238. The van der Waals surface area contributed by atoms with Crippen LogP contribution in [0.25, 0.3) is 0 Å². The Hall–Kier alpha value is -1.72. The molecule has 0 aliphatic rings. The molecule has 6 nitrogen and oxygen atoms in total. The van der Waals surface area contributed by atoms with E-state index in [-0.39, 0.29) is 6.61 Å². The van der Waals surface area contributed by atoms with E-state index in [1.165, 1.54) is 12.5 Å². The Kier molecular flexibility index (Phi) is 2.32. The molecule has 6 heteroatoms. The predicted molar refractivity (Wildman–Crippen MR) is 33.8 cm³/mol. The van der Waals surface area contributed by atoms with E-state index in [1.807, 2.05) is 0 Å². The molecule has 1 aromatic rings. The average molecular weight is 155 g/mol. The first-order valence-electron chi connectivity index (χ1n) is 2.81. The van der Waals surface area contributed by atoms with E-state index in [0.29, 0.717) is 5.69 Å². The largest absolute Gasteiger partial charge is 0.307 e. The van der Waals surface area contributed by atoms with Gasteiger partial charge in [-0.05, 0) is 6.07 Å². The smallest absolute Gasteiger partial charge is 0.294 e. The van der Waals surface area contributed by atoms with E-state index >= 15 is 0 Å². The highest BCUT2D eigenvalue weighted by molar-refractivity contribution is 4.94. The number of nitrogens with zero attached hydrogens (tertiary/aromatic N) is 3. The van der Waals surface area contributed by atoms with Crippen molar-refractivity contribution in [3.63, 3.8) is 0 Å². The quantitative estimate of drug-likeness (QED) is 0.459. The maximum Gasteiger partial charge on any atom is 0.294 e. The zero-order chi connectivity index (χ0) is 8.10. The van der Waals surface area contributed by atoms with E-state index in [4.69, 9.17) is 0 Å². The van der Waals surface area contributed by atoms with Crippen LogP contribution in [-0.4, -0.2) is 15.1 Å². The van der Waals surface area contributed by atoms with Gasteiger partial charge in [-0.3, -0.25) is 0 Å². The molecule has 0 aliphatic heterocycles. The van der Waals surface area contributed by atoms with Crippen LogP contribution in [-0.2, 0) is 11.4 Å². The second kappa shape index (κ2) is 3.45. The van der Waals surface area contributed by atoms with Crippen molar-refractivity contribution in [2.75, 3.05) is 0 Å². The summed E-state index contributed by atoms with van der Waals surface area (Å²) in [5.74, 6) is 0. The Morgan fingerprint density at radius 3 is 3.09 bits per heavy atom. The lowest BCUT2D eigenvalue weighted by Crippen LogP contribution is -2.01. The standard InChI is InChI=1S/C5H5N3O3/c9-8(10)11-3-5-1-2-6-4-7-5/h1-2,4H,3H2. The summed E-state index contributed by atoms with van der Waals surface area (Å²) in [7, 11) is 0. The second-order valence-electron chi connectivity index (χ2n) is 1.70. The Morgan fingerprint density at radius 2 is 2.55 bits per heavy atom. The lowest BCUT2D eigenvalue weighted by Gasteiger charge is -1.95. The number of aromatic nitrogens is 2. The van der Waals surface area contributed by atoms with Crippen molar-refractivity contribution in [2.45, 2.75) is 6.61 Å². The number of rotatable bonds is 3. The van der Waals surface area contributed by atoms with Gasteiger partial charge in [-0.1, -0.05) is 0 Å². The molecule has 1 rings (SSSR count). The Morgan fingerprint density at radius 1 is 1.73 bits per heavy atom. The number of hydrogen-bond donors (Lipinski definition) is 0. The van der Waals surface area contributed by atoms with Crippen LogP contribution in [0.3, 0.4) is 0 Å². The van der Waals surface area contributed by atoms with Crippen molar-refractivity contribution in [1.82, 2.24) is 9.97 Å². The summed E-state index contributed by atoms with van der Waals surface area (Å²) in [5, 5.41) is 8.85. The molecule has 11 heavy (non-hydrogen) atoms. The van der Waals surface area contributed by atoms with Crippen LogP contribution in [0.1, 0.15) is 5.69 Å². The van der Waals surface area contributed by atoms with Crippen LogP contribution in [0.2, 0.25) is 0 Å². The summed E-state index contributed by atoms with van der Waals surface area (Å²) < 4.78 is 0. The van der Waals surface area contributed by atoms with E-state index in [1.54, 1.807) is 6.07 Å². The van der Waals surface area contributed by atoms with Crippen molar-refractivity contribution >= 4 is 0 Å². The molecule has 0 aliphatic carbocycles. The van der Waals surface area contributed by atoms with Crippen molar-refractivity contribution in [3.05, 3.63) is 34.4 Å². The second-order valence-corrected chi connectivity index (χ2v) is 1.70. The molecule has 0 radical (unpaired) electrons. The molecular weight excluding hydrogens is 150 g/mol. The molecule has 0 spiro atoms. The summed E-state index contributed by atoms with van der Waals surface area (Å²) in [6.07, 6.45) is 2.80. The highest BCUT2D eigenvalue weighted by atomic mass is 16.9. The fraction of sp³-hybridized carbons (Fsp3) is 0.200. The topological polar surface area (TPSA) is 78.2 Å². The van der Waals surface area contributed by atoms with Gasteiger partial charge in [0.2, 0.25) is 0 Å². The van der Waals surface area contributed by atoms with Gasteiger partial charge in [0.15, 0.2) is 0 Å². The Balaban J connectivity index is 2.45. The third-order valence-corrected chi connectivity index (χ3v) is 0.961. The molecule has 0 N–H and O–H groups in total. The fourth-order valence-electron chi connectivity index (χ4n) is 0.522. The van der Waals surface area contributed by atoms with Crippen LogP contribution in [0.5, 0.6) is 0 Å². The van der Waals surface area contributed by atoms with Gasteiger partial charge in [0.05, 0.1) is 5.69 Å². The third kappa shape index (κ3) is 2.57. The summed E-state index contributed by atoms with van der Waals surface area (Å²) >= 11 is 0. The zero-order valence-corrected chi connectivity index (χ0v) is 5.51. The predicted octanol–water partition coefficient (Wildman–Crippen LogP) is 0.185. The molecule has 1 aromatic heterocycles. The fourth-order valence-corrected chi connectivity index (χ4v) is 0.522. The van der Waals surface area contributed by atoms with Gasteiger partial charge in [-0.25, -0.2) is 9.97 Å². The van der Waals surface area contributed by atoms with E-state index in [2.05, 4.69) is 14.8 Å². The minimum atomic E-state index is -0.859. The minimum absolute atomic E-state index is 0.129. The molecule has 1 heterocycles. The lowest BCUT2D eigenvalue weighted by atomic mass is 10.4. The molecule has 0 saturated heterocycles. The number of hydrogen-bond acceptors (Lipinski definition) is 5. The molecular formula is C5H5N3O3. The SMILES string of the molecule is O=[N+]([O-])OCc1ccncn1. The summed E-state index contributed by atoms with van der Waals surface area (Å²) in [4.78, 5) is 21.1. The molecule has 58 valence electrons. The summed E-state index contributed by atoms with van der Waals surface area (Å²) in [6, 6.07) is 1.55. The van der Waals surface area contributed by atoms with Crippen LogP contribution in [0, 0.1) is 10.1 Å². The van der Waals surface area contributed by atoms with E-state index in [9.17, 15) is 10.1 Å². The van der Waals surface area contributed by atoms with Gasteiger partial charge >= 0.3 is 0 Å². The van der Waals surface area contributed by atoms with Crippen LogP contribution < -0.4 is 0 Å². The monoisotopic (exact) mass is 155 g/mol. The van der Waals surface area contributed by atoms with Crippen molar-refractivity contribution in [3.8, 4) is 0 Å². The normalized spacial score (nSPS) is 9.09. The Labute approximate surface area is 62.0 Å². The van der Waals surface area contributed by atoms with Crippen molar-refractivity contribution in [1.29, 1.82) is 0 Å². The van der Waals surface area contributed by atoms with E-state index in [0.717, 1.165) is 0 Å². The van der Waals surface area contributed by atoms with Gasteiger partial charge in [0.25, 0.3) is 5.09 Å². The van der Waals surface area contributed by atoms with Crippen LogP contribution >= 0.6 is 0 Å². The van der Waals surface area contributed by atoms with Crippen molar-refractivity contribution in [2.24, 2.45) is 0 Å². The molecule has 0 bridgehead atoms. The summed E-state index contributed by atoms with van der Waals surface area (Å²) in [6.45, 7) is -0.129. The molecule has 0 amide bonds. The van der Waals surface area contributed by atoms with Gasteiger partial charge < -0.3 is 4.84 Å². The third-order valence-electron chi connectivity index (χ3n) is 0.961. The zero-order valence-electron chi connectivity index (χ0n) is 5.51. The highest BCUT2D eigenvalue weighted by Gasteiger charge is 1.96. The average Bonchev–Trinajstić information content (AvgIpc) is 2.03. The molecule has 0 unspecified atom stereocenters. The molecule has 0 saturated carbocycles. The highest BCUT2D eigenvalue weighted by Crippen LogP contribution is 1.93. The minimum Gasteiger partial charge on any atom is -0.307 e. The molecule has 0 aromatic carbocycles. The van der Waals surface area contributed by atoms with E-state index < -0.39 is 5.09 Å². The first kappa shape index (κ1) is 7.39. The van der Waals surface area contributed by atoms with Gasteiger partial charge in [0, 0.05) is 6.20 Å². The van der Waals surface area contributed by atoms with Gasteiger partial charge in [0.1, 0.15) is 12.9 Å². The van der Waals surface area contributed by atoms with Crippen LogP contribution in [0.4, 0.5) is 0 Å². The van der Waals surface area contributed by atoms with Gasteiger partial charge in [-0.2, -0.15) is 0 Å². The maximum atomic E-state index is 9.71. The maximum absolute atomic E-state index is 9.71. The van der Waals surface area contributed by atoms with Crippen molar-refractivity contribution < 1.29 is 9.92 Å². The first-order chi connectivity index (χ1) is 5.29. The molecule has 0 fully saturated rings. The summed E-state index contributed by atoms with van der Waals surface area (Å²) in [5.41, 5.74) is 0.483. The molecule has 0 atom stereocenters. The van der Waals surface area contributed by atoms with Crippen LogP contribution in [0.15, 0.2) is 18.6 Å². The first-order valence-corrected chi connectivity index (χ1v) is 2.81.